The number of nitrogens with zero attached hydrogens (tertiary/aromatic N) is 1. The first-order valence-corrected chi connectivity index (χ1v) is 10.5. The summed E-state index contributed by atoms with van der Waals surface area (Å²) in [5.41, 5.74) is 2.05. The van der Waals surface area contributed by atoms with Crippen LogP contribution in [-0.2, 0) is 14.8 Å². The number of sulfonamides is 1. The predicted molar refractivity (Wildman–Crippen MR) is 115 cm³/mol. The molecule has 30 heavy (non-hydrogen) atoms. The molecule has 0 aliphatic carbocycles. The van der Waals surface area contributed by atoms with Gasteiger partial charge in [0.25, 0.3) is 10.0 Å². The summed E-state index contributed by atoms with van der Waals surface area (Å²) in [5.74, 6) is -1.07. The first kappa shape index (κ1) is 19.4. The van der Waals surface area contributed by atoms with Gasteiger partial charge in [-0.3, -0.25) is 4.72 Å². The van der Waals surface area contributed by atoms with E-state index in [-0.39, 0.29) is 16.2 Å². The van der Waals surface area contributed by atoms with Crippen molar-refractivity contribution in [2.45, 2.75) is 4.90 Å². The Morgan fingerprint density at radius 3 is 2.37 bits per heavy atom. The first-order valence-electron chi connectivity index (χ1n) is 8.99. The third-order valence-electron chi connectivity index (χ3n) is 4.48. The molecule has 7 nitrogen and oxygen atoms in total. The third-order valence-corrected chi connectivity index (χ3v) is 5.88. The number of carboxylic acids is 1. The van der Waals surface area contributed by atoms with Gasteiger partial charge >= 0.3 is 5.97 Å². The Morgan fingerprint density at radius 2 is 1.70 bits per heavy atom. The smallest absolute Gasteiger partial charge is 0.336 e. The highest BCUT2D eigenvalue weighted by Gasteiger charge is 2.16. The number of pyridine rings is 1. The molecule has 4 rings (SSSR count). The Bertz CT molecular complexity index is 1350. The molecule has 0 aliphatic rings. The van der Waals surface area contributed by atoms with Crippen LogP contribution in [-0.4, -0.2) is 29.5 Å². The van der Waals surface area contributed by atoms with Crippen LogP contribution in [0.5, 0.6) is 0 Å². The molecule has 0 bridgehead atoms. The fourth-order valence-corrected chi connectivity index (χ4v) is 4.11. The van der Waals surface area contributed by atoms with Crippen LogP contribution in [0.25, 0.3) is 22.7 Å². The summed E-state index contributed by atoms with van der Waals surface area (Å²) in [6, 6.07) is 18.4. The van der Waals surface area contributed by atoms with Crippen molar-refractivity contribution in [2.75, 3.05) is 4.72 Å². The van der Waals surface area contributed by atoms with Crippen LogP contribution >= 0.6 is 0 Å². The van der Waals surface area contributed by atoms with E-state index in [1.165, 1.54) is 24.4 Å². The van der Waals surface area contributed by atoms with E-state index in [1.54, 1.807) is 54.7 Å². The van der Waals surface area contributed by atoms with E-state index in [0.717, 1.165) is 0 Å². The van der Waals surface area contributed by atoms with Gasteiger partial charge in [0.2, 0.25) is 0 Å². The molecule has 8 heteroatoms. The Labute approximate surface area is 172 Å². The van der Waals surface area contributed by atoms with Crippen LogP contribution in [0.1, 0.15) is 11.1 Å². The van der Waals surface area contributed by atoms with E-state index in [4.69, 9.17) is 0 Å². The molecule has 2 aromatic carbocycles. The standard InChI is InChI=1S/C22H17N3O4S/c26-22(27)20(15-7-3-1-4-8-15)11-16-13-23-21-19(16)12-17(14-24-21)25-30(28,29)18-9-5-2-6-10-18/h1-14,25H,(H,23,24)(H,26,27). The molecule has 0 atom stereocenters. The quantitative estimate of drug-likeness (QED) is 0.409. The van der Waals surface area contributed by atoms with Crippen molar-refractivity contribution in [3.63, 3.8) is 0 Å². The molecule has 0 fully saturated rings. The van der Waals surface area contributed by atoms with Crippen molar-refractivity contribution in [3.05, 3.63) is 90.3 Å². The second-order valence-electron chi connectivity index (χ2n) is 6.51. The normalized spacial score (nSPS) is 12.1. The summed E-state index contributed by atoms with van der Waals surface area (Å²) in [4.78, 5) is 19.1. The summed E-state index contributed by atoms with van der Waals surface area (Å²) in [6.45, 7) is 0. The Balaban J connectivity index is 1.74. The number of carbonyl (C=O) groups is 1. The van der Waals surface area contributed by atoms with E-state index < -0.39 is 16.0 Å². The molecule has 0 saturated heterocycles. The number of anilines is 1. The number of aromatic amines is 1. The fraction of sp³-hybridized carbons (Fsp3) is 0. The zero-order chi connectivity index (χ0) is 21.1. The first-order chi connectivity index (χ1) is 14.4. The van der Waals surface area contributed by atoms with Gasteiger partial charge in [0.05, 0.1) is 22.4 Å². The van der Waals surface area contributed by atoms with Gasteiger partial charge in [-0.1, -0.05) is 48.5 Å². The lowest BCUT2D eigenvalue weighted by Crippen LogP contribution is -2.12. The highest BCUT2D eigenvalue weighted by Crippen LogP contribution is 2.26. The Hall–Kier alpha value is -3.91. The van der Waals surface area contributed by atoms with Crippen molar-refractivity contribution in [2.24, 2.45) is 0 Å². The number of hydrogen-bond acceptors (Lipinski definition) is 4. The van der Waals surface area contributed by atoms with Crippen LogP contribution in [0, 0.1) is 0 Å². The van der Waals surface area contributed by atoms with Gasteiger partial charge in [-0.15, -0.1) is 0 Å². The maximum atomic E-state index is 12.6. The van der Waals surface area contributed by atoms with Crippen LogP contribution in [0.3, 0.4) is 0 Å². The second-order valence-corrected chi connectivity index (χ2v) is 8.19. The topological polar surface area (TPSA) is 112 Å². The van der Waals surface area contributed by atoms with E-state index in [9.17, 15) is 18.3 Å². The van der Waals surface area contributed by atoms with Gasteiger partial charge in [-0.2, -0.15) is 0 Å². The SMILES string of the molecule is O=C(O)C(=Cc1c[nH]c2ncc(NS(=O)(=O)c3ccccc3)cc12)c1ccccc1. The zero-order valence-electron chi connectivity index (χ0n) is 15.6. The number of benzene rings is 2. The van der Waals surface area contributed by atoms with E-state index in [1.807, 2.05) is 6.07 Å². The Morgan fingerprint density at radius 1 is 1.03 bits per heavy atom. The van der Waals surface area contributed by atoms with Crippen molar-refractivity contribution >= 4 is 44.4 Å². The molecule has 150 valence electrons. The average molecular weight is 419 g/mol. The molecule has 0 spiro atoms. The lowest BCUT2D eigenvalue weighted by atomic mass is 10.0. The zero-order valence-corrected chi connectivity index (χ0v) is 16.4. The van der Waals surface area contributed by atoms with Crippen LogP contribution in [0.15, 0.2) is 84.0 Å². The summed E-state index contributed by atoms with van der Waals surface area (Å²) < 4.78 is 27.7. The van der Waals surface area contributed by atoms with Crippen LogP contribution < -0.4 is 4.72 Å². The lowest BCUT2D eigenvalue weighted by Gasteiger charge is -2.08. The summed E-state index contributed by atoms with van der Waals surface area (Å²) in [6.07, 6.45) is 4.58. The number of fused-ring (bicyclic) bond motifs is 1. The fourth-order valence-electron chi connectivity index (χ4n) is 3.05. The number of carboxylic acid groups (broad SMARTS) is 1. The highest BCUT2D eigenvalue weighted by atomic mass is 32.2. The molecular weight excluding hydrogens is 402 g/mol. The molecule has 0 radical (unpaired) electrons. The minimum absolute atomic E-state index is 0.117. The summed E-state index contributed by atoms with van der Waals surface area (Å²) >= 11 is 0. The van der Waals surface area contributed by atoms with Gasteiger partial charge in [0.15, 0.2) is 0 Å². The van der Waals surface area contributed by atoms with Crippen LogP contribution in [0.4, 0.5) is 5.69 Å². The van der Waals surface area contributed by atoms with Crippen molar-refractivity contribution in [1.29, 1.82) is 0 Å². The number of aliphatic carboxylic acids is 1. The van der Waals surface area contributed by atoms with Crippen molar-refractivity contribution in [3.8, 4) is 0 Å². The molecule has 0 amide bonds. The number of hydrogen-bond donors (Lipinski definition) is 3. The minimum atomic E-state index is -3.77. The number of aromatic nitrogens is 2. The third kappa shape index (κ3) is 3.94. The van der Waals surface area contributed by atoms with Crippen LogP contribution in [0.2, 0.25) is 0 Å². The van der Waals surface area contributed by atoms with E-state index in [0.29, 0.717) is 22.2 Å². The summed E-state index contributed by atoms with van der Waals surface area (Å²) in [5, 5.41) is 10.2. The number of rotatable bonds is 6. The minimum Gasteiger partial charge on any atom is -0.478 e. The van der Waals surface area contributed by atoms with Gasteiger partial charge in [0.1, 0.15) is 5.65 Å². The van der Waals surface area contributed by atoms with Crippen molar-refractivity contribution in [1.82, 2.24) is 9.97 Å². The van der Waals surface area contributed by atoms with E-state index in [2.05, 4.69) is 14.7 Å². The monoisotopic (exact) mass is 419 g/mol. The van der Waals surface area contributed by atoms with Gasteiger partial charge in [-0.25, -0.2) is 18.2 Å². The maximum absolute atomic E-state index is 12.6. The van der Waals surface area contributed by atoms with E-state index >= 15 is 0 Å². The molecule has 2 aromatic heterocycles. The number of nitrogens with one attached hydrogen (secondary N) is 2. The molecule has 4 aromatic rings. The highest BCUT2D eigenvalue weighted by molar-refractivity contribution is 7.92. The molecule has 0 aliphatic heterocycles. The summed E-state index contributed by atoms with van der Waals surface area (Å²) in [7, 11) is -3.77. The number of H-pyrrole nitrogens is 1. The van der Waals surface area contributed by atoms with Crippen molar-refractivity contribution < 1.29 is 18.3 Å². The van der Waals surface area contributed by atoms with Gasteiger partial charge in [0, 0.05) is 17.1 Å². The molecule has 3 N–H and O–H groups in total. The predicted octanol–water partition coefficient (Wildman–Crippen LogP) is 3.99. The lowest BCUT2D eigenvalue weighted by molar-refractivity contribution is -0.130. The maximum Gasteiger partial charge on any atom is 0.336 e. The second kappa shape index (κ2) is 7.84. The molecule has 0 saturated carbocycles. The average Bonchev–Trinajstić information content (AvgIpc) is 3.15. The largest absolute Gasteiger partial charge is 0.478 e. The van der Waals surface area contributed by atoms with Gasteiger partial charge in [-0.05, 0) is 29.8 Å². The van der Waals surface area contributed by atoms with Gasteiger partial charge < -0.3 is 10.1 Å². The Kier molecular flexibility index (Phi) is 5.07. The molecule has 0 unspecified atom stereocenters. The molecule has 2 heterocycles. The molecular formula is C22H17N3O4S.